The Balaban J connectivity index is 1.47. The van der Waals surface area contributed by atoms with Crippen molar-refractivity contribution in [1.82, 2.24) is 0 Å². The molecule has 2 heterocycles. The van der Waals surface area contributed by atoms with E-state index < -0.39 is 0 Å². The number of hydrogen-bond acceptors (Lipinski definition) is 3. The van der Waals surface area contributed by atoms with E-state index in [1.807, 2.05) is 0 Å². The van der Waals surface area contributed by atoms with Crippen LogP contribution in [-0.2, 0) is 14.3 Å². The molecule has 0 aromatic rings. The molecule has 4 fully saturated rings. The largest absolute Gasteiger partial charge is 0.461 e. The number of esters is 1. The van der Waals surface area contributed by atoms with Crippen LogP contribution in [0.25, 0.3) is 0 Å². The maximum atomic E-state index is 12.5. The Kier molecular flexibility index (Phi) is 2.62. The summed E-state index contributed by atoms with van der Waals surface area (Å²) in [7, 11) is 0. The molecule has 2 saturated carbocycles. The molecule has 0 aromatic carbocycles. The Labute approximate surface area is 121 Å². The zero-order valence-corrected chi connectivity index (χ0v) is 12.9. The highest BCUT2D eigenvalue weighted by atomic mass is 16.6. The van der Waals surface area contributed by atoms with Gasteiger partial charge in [0.15, 0.2) is 0 Å². The fourth-order valence-corrected chi connectivity index (χ4v) is 5.42. The summed E-state index contributed by atoms with van der Waals surface area (Å²) in [5.41, 5.74) is 0.481. The van der Waals surface area contributed by atoms with Crippen molar-refractivity contribution in [3.05, 3.63) is 0 Å². The van der Waals surface area contributed by atoms with Crippen molar-refractivity contribution in [2.24, 2.45) is 22.7 Å². The van der Waals surface area contributed by atoms with E-state index in [1.54, 1.807) is 0 Å². The van der Waals surface area contributed by atoms with Gasteiger partial charge >= 0.3 is 5.97 Å². The lowest BCUT2D eigenvalue weighted by Gasteiger charge is -2.39. The van der Waals surface area contributed by atoms with Crippen molar-refractivity contribution in [3.63, 3.8) is 0 Å². The van der Waals surface area contributed by atoms with Crippen LogP contribution in [-0.4, -0.2) is 24.3 Å². The van der Waals surface area contributed by atoms with Crippen molar-refractivity contribution < 1.29 is 14.3 Å². The van der Waals surface area contributed by atoms with E-state index in [-0.39, 0.29) is 29.5 Å². The van der Waals surface area contributed by atoms with Gasteiger partial charge in [0, 0.05) is 5.41 Å². The van der Waals surface area contributed by atoms with Gasteiger partial charge in [-0.15, -0.1) is 0 Å². The monoisotopic (exact) mass is 278 g/mol. The number of ether oxygens (including phenoxy) is 2. The minimum atomic E-state index is 0.0135. The van der Waals surface area contributed by atoms with Crippen LogP contribution < -0.4 is 0 Å². The van der Waals surface area contributed by atoms with Crippen LogP contribution >= 0.6 is 0 Å². The molecule has 0 aromatic heterocycles. The first-order valence-corrected chi connectivity index (χ1v) is 8.28. The second-order valence-corrected chi connectivity index (χ2v) is 8.25. The first kappa shape index (κ1) is 13.1. The van der Waals surface area contributed by atoms with Gasteiger partial charge in [0.05, 0.1) is 18.1 Å². The number of carbonyl (C=O) groups is 1. The molecule has 112 valence electrons. The molecule has 3 nitrogen and oxygen atoms in total. The minimum absolute atomic E-state index is 0.0135. The van der Waals surface area contributed by atoms with E-state index in [9.17, 15) is 4.79 Å². The number of rotatable bonds is 2. The molecule has 2 aliphatic carbocycles. The van der Waals surface area contributed by atoms with Gasteiger partial charge in [-0.05, 0) is 49.9 Å². The third kappa shape index (κ3) is 1.53. The van der Waals surface area contributed by atoms with Crippen LogP contribution in [0.5, 0.6) is 0 Å². The molecule has 2 aliphatic heterocycles. The van der Waals surface area contributed by atoms with Gasteiger partial charge in [-0.1, -0.05) is 20.8 Å². The van der Waals surface area contributed by atoms with Crippen LogP contribution in [0, 0.1) is 22.7 Å². The average Bonchev–Trinajstić information content (AvgIpc) is 3.10. The molecule has 4 rings (SSSR count). The van der Waals surface area contributed by atoms with Crippen molar-refractivity contribution in [2.45, 2.75) is 77.6 Å². The summed E-state index contributed by atoms with van der Waals surface area (Å²) in [5, 5.41) is 0. The summed E-state index contributed by atoms with van der Waals surface area (Å²) in [6.45, 7) is 7.05. The number of carbonyl (C=O) groups excluding carboxylic acids is 1. The molecule has 0 unspecified atom stereocenters. The Bertz CT molecular complexity index is 444. The van der Waals surface area contributed by atoms with Crippen molar-refractivity contribution in [1.29, 1.82) is 0 Å². The zero-order chi connectivity index (χ0) is 14.1. The van der Waals surface area contributed by atoms with Gasteiger partial charge in [0.1, 0.15) is 6.10 Å². The Morgan fingerprint density at radius 2 is 1.95 bits per heavy atom. The van der Waals surface area contributed by atoms with Crippen LogP contribution in [0.4, 0.5) is 0 Å². The highest BCUT2D eigenvalue weighted by molar-refractivity contribution is 5.74. The van der Waals surface area contributed by atoms with Crippen LogP contribution in [0.3, 0.4) is 0 Å². The van der Waals surface area contributed by atoms with Gasteiger partial charge < -0.3 is 9.47 Å². The molecule has 4 bridgehead atoms. The molecule has 0 radical (unpaired) electrons. The molecular weight excluding hydrogens is 252 g/mol. The summed E-state index contributed by atoms with van der Waals surface area (Å²) in [6.07, 6.45) is 7.23. The molecule has 2 saturated heterocycles. The second kappa shape index (κ2) is 4.00. The van der Waals surface area contributed by atoms with Gasteiger partial charge in [-0.3, -0.25) is 4.79 Å². The van der Waals surface area contributed by atoms with Gasteiger partial charge in [0.2, 0.25) is 0 Å². The Morgan fingerprint density at radius 1 is 1.15 bits per heavy atom. The zero-order valence-electron chi connectivity index (χ0n) is 12.9. The molecule has 4 aliphatic rings. The minimum Gasteiger partial charge on any atom is -0.461 e. The summed E-state index contributed by atoms with van der Waals surface area (Å²) in [4.78, 5) is 12.5. The maximum Gasteiger partial charge on any atom is 0.311 e. The number of fused-ring (bicyclic) bond motifs is 4. The van der Waals surface area contributed by atoms with E-state index in [0.717, 1.165) is 31.6 Å². The van der Waals surface area contributed by atoms with Crippen molar-refractivity contribution in [2.75, 3.05) is 0 Å². The quantitative estimate of drug-likeness (QED) is 0.727. The first-order valence-electron chi connectivity index (χ1n) is 8.28. The lowest BCUT2D eigenvalue weighted by atomic mass is 9.70. The summed E-state index contributed by atoms with van der Waals surface area (Å²) < 4.78 is 11.8. The normalized spacial score (nSPS) is 51.6. The Morgan fingerprint density at radius 3 is 2.45 bits per heavy atom. The second-order valence-electron chi connectivity index (χ2n) is 8.25. The lowest BCUT2D eigenvalue weighted by Crippen LogP contribution is -2.40. The molecule has 0 N–H and O–H groups in total. The van der Waals surface area contributed by atoms with Gasteiger partial charge in [-0.25, -0.2) is 0 Å². The first-order chi connectivity index (χ1) is 9.42. The van der Waals surface area contributed by atoms with Crippen molar-refractivity contribution in [3.8, 4) is 0 Å². The highest BCUT2D eigenvalue weighted by Crippen LogP contribution is 2.66. The summed E-state index contributed by atoms with van der Waals surface area (Å²) in [6, 6.07) is 0. The molecule has 0 amide bonds. The van der Waals surface area contributed by atoms with Gasteiger partial charge in [-0.2, -0.15) is 0 Å². The molecular formula is C17H26O3. The molecule has 3 heteroatoms. The SMILES string of the molecule is CC1(C)[C@H]2CC[C@@]1(C)[C@@H](OC(=O)[C@H]1C[C@H]3CC[C@H]1O3)C2. The molecule has 0 spiro atoms. The van der Waals surface area contributed by atoms with Crippen LogP contribution in [0.1, 0.15) is 59.3 Å². The third-order valence-electron chi connectivity index (χ3n) is 7.38. The summed E-state index contributed by atoms with van der Waals surface area (Å²) in [5.74, 6) is 0.757. The van der Waals surface area contributed by atoms with Gasteiger partial charge in [0.25, 0.3) is 0 Å². The fourth-order valence-electron chi connectivity index (χ4n) is 5.42. The van der Waals surface area contributed by atoms with E-state index in [2.05, 4.69) is 20.8 Å². The maximum absolute atomic E-state index is 12.5. The van der Waals surface area contributed by atoms with E-state index >= 15 is 0 Å². The average molecular weight is 278 g/mol. The predicted molar refractivity (Wildman–Crippen MR) is 75.1 cm³/mol. The molecule has 20 heavy (non-hydrogen) atoms. The standard InChI is InChI=1S/C17H26O3/c1-16(2)10-6-7-17(16,3)14(8-10)20-15(18)12-9-11-4-5-13(12)19-11/h10-14H,4-9H2,1-3H3/t10-,11+,12-,13+,14-,17-/m0/s1. The predicted octanol–water partition coefficient (Wildman–Crippen LogP) is 3.31. The topological polar surface area (TPSA) is 35.5 Å². The van der Waals surface area contributed by atoms with Crippen molar-refractivity contribution >= 4 is 5.97 Å². The highest BCUT2D eigenvalue weighted by Gasteiger charge is 2.63. The number of hydrogen-bond donors (Lipinski definition) is 0. The molecule has 6 atom stereocenters. The van der Waals surface area contributed by atoms with E-state index in [1.165, 1.54) is 12.8 Å². The fraction of sp³-hybridized carbons (Fsp3) is 0.941. The van der Waals surface area contributed by atoms with Crippen LogP contribution in [0.15, 0.2) is 0 Å². The Hall–Kier alpha value is -0.570. The van der Waals surface area contributed by atoms with E-state index in [0.29, 0.717) is 11.5 Å². The third-order valence-corrected chi connectivity index (χ3v) is 7.38. The lowest BCUT2D eigenvalue weighted by molar-refractivity contribution is -0.163. The van der Waals surface area contributed by atoms with Crippen LogP contribution in [0.2, 0.25) is 0 Å². The summed E-state index contributed by atoms with van der Waals surface area (Å²) >= 11 is 0. The van der Waals surface area contributed by atoms with E-state index in [4.69, 9.17) is 9.47 Å². The smallest absolute Gasteiger partial charge is 0.311 e.